The Bertz CT molecular complexity index is 946. The van der Waals surface area contributed by atoms with E-state index in [9.17, 15) is 9.59 Å². The number of rotatable bonds is 2. The molecular weight excluding hydrogens is 366 g/mol. The van der Waals surface area contributed by atoms with Crippen molar-refractivity contribution < 1.29 is 14.3 Å². The molecule has 29 heavy (non-hydrogen) atoms. The molecule has 0 radical (unpaired) electrons. The SMILES string of the molecule is COc1cccc2c1CCN1C(=O)C3CCCC(C21)N3C(=O)Nc1ccccc1. The fourth-order valence-electron chi connectivity index (χ4n) is 5.30. The van der Waals surface area contributed by atoms with E-state index in [-0.39, 0.29) is 30.1 Å². The third kappa shape index (κ3) is 2.85. The maximum absolute atomic E-state index is 13.4. The molecule has 2 aromatic rings. The van der Waals surface area contributed by atoms with E-state index in [0.717, 1.165) is 48.2 Å². The number of piperazine rings is 1. The highest BCUT2D eigenvalue weighted by molar-refractivity contribution is 5.95. The highest BCUT2D eigenvalue weighted by Crippen LogP contribution is 2.46. The van der Waals surface area contributed by atoms with E-state index >= 15 is 0 Å². The van der Waals surface area contributed by atoms with E-state index < -0.39 is 0 Å². The van der Waals surface area contributed by atoms with E-state index in [2.05, 4.69) is 11.4 Å². The van der Waals surface area contributed by atoms with Gasteiger partial charge in [0.1, 0.15) is 11.8 Å². The molecule has 2 aromatic carbocycles. The van der Waals surface area contributed by atoms with Gasteiger partial charge >= 0.3 is 6.03 Å². The molecule has 3 atom stereocenters. The quantitative estimate of drug-likeness (QED) is 0.851. The molecule has 6 nitrogen and oxygen atoms in total. The van der Waals surface area contributed by atoms with E-state index in [1.54, 1.807) is 7.11 Å². The first-order valence-corrected chi connectivity index (χ1v) is 10.3. The summed E-state index contributed by atoms with van der Waals surface area (Å²) < 4.78 is 5.58. The molecule has 2 bridgehead atoms. The zero-order valence-electron chi connectivity index (χ0n) is 16.5. The lowest BCUT2D eigenvalue weighted by molar-refractivity contribution is -0.152. The zero-order valence-corrected chi connectivity index (χ0v) is 16.5. The number of hydrogen-bond donors (Lipinski definition) is 1. The molecule has 0 saturated carbocycles. The van der Waals surface area contributed by atoms with Crippen LogP contribution in [0, 0.1) is 0 Å². The molecule has 1 N–H and O–H groups in total. The topological polar surface area (TPSA) is 61.9 Å². The monoisotopic (exact) mass is 391 g/mol. The number of hydrogen-bond acceptors (Lipinski definition) is 3. The second-order valence-electron chi connectivity index (χ2n) is 7.97. The third-order valence-corrected chi connectivity index (χ3v) is 6.51. The summed E-state index contributed by atoms with van der Waals surface area (Å²) in [5.41, 5.74) is 3.03. The van der Waals surface area contributed by atoms with Gasteiger partial charge in [-0.15, -0.1) is 0 Å². The van der Waals surface area contributed by atoms with Gasteiger partial charge in [-0.3, -0.25) is 4.79 Å². The zero-order chi connectivity index (χ0) is 20.0. The normalized spacial score (nSPS) is 25.1. The first kappa shape index (κ1) is 18.0. The van der Waals surface area contributed by atoms with Crippen LogP contribution in [0.1, 0.15) is 36.4 Å². The van der Waals surface area contributed by atoms with Crippen molar-refractivity contribution in [2.75, 3.05) is 19.0 Å². The molecule has 2 saturated heterocycles. The van der Waals surface area contributed by atoms with Crippen molar-refractivity contribution in [3.8, 4) is 5.75 Å². The standard InChI is InChI=1S/C23H25N3O3/c1-29-20-12-5-9-17-16(20)13-14-25-21(17)18-10-6-11-19(22(25)27)26(18)23(28)24-15-7-3-2-4-8-15/h2-5,7-9,12,18-19,21H,6,10-11,13-14H2,1H3,(H,24,28). The summed E-state index contributed by atoms with van der Waals surface area (Å²) in [6.45, 7) is 0.679. The van der Waals surface area contributed by atoms with Gasteiger partial charge in [0, 0.05) is 17.8 Å². The lowest BCUT2D eigenvalue weighted by atomic mass is 9.78. The van der Waals surface area contributed by atoms with E-state index in [4.69, 9.17) is 4.74 Å². The Balaban J connectivity index is 1.53. The summed E-state index contributed by atoms with van der Waals surface area (Å²) >= 11 is 0. The molecule has 3 amide bonds. The fourth-order valence-corrected chi connectivity index (χ4v) is 5.30. The van der Waals surface area contributed by atoms with Crippen molar-refractivity contribution in [2.24, 2.45) is 0 Å². The van der Waals surface area contributed by atoms with Crippen LogP contribution in [0.2, 0.25) is 0 Å². The highest BCUT2D eigenvalue weighted by Gasteiger charge is 2.52. The largest absolute Gasteiger partial charge is 0.496 e. The molecule has 2 fully saturated rings. The van der Waals surface area contributed by atoms with Crippen molar-refractivity contribution >= 4 is 17.6 Å². The summed E-state index contributed by atoms with van der Waals surface area (Å²) in [6, 6.07) is 14.8. The van der Waals surface area contributed by atoms with Crippen LogP contribution in [0.3, 0.4) is 0 Å². The molecule has 150 valence electrons. The maximum atomic E-state index is 13.4. The van der Waals surface area contributed by atoms with Crippen LogP contribution in [-0.2, 0) is 11.2 Å². The molecule has 3 heterocycles. The molecule has 3 unspecified atom stereocenters. The van der Waals surface area contributed by atoms with Crippen molar-refractivity contribution in [3.63, 3.8) is 0 Å². The van der Waals surface area contributed by atoms with E-state index in [0.29, 0.717) is 6.54 Å². The molecule has 0 spiro atoms. The minimum atomic E-state index is -0.374. The number of fused-ring (bicyclic) bond motifs is 6. The maximum Gasteiger partial charge on any atom is 0.322 e. The number of nitrogens with one attached hydrogen (secondary N) is 1. The Morgan fingerprint density at radius 1 is 1.10 bits per heavy atom. The summed E-state index contributed by atoms with van der Waals surface area (Å²) in [5.74, 6) is 0.940. The average Bonchev–Trinajstić information content (AvgIpc) is 2.76. The number of para-hydroxylation sites is 1. The number of amides is 3. The van der Waals surface area contributed by atoms with Gasteiger partial charge in [0.15, 0.2) is 0 Å². The molecule has 0 aromatic heterocycles. The van der Waals surface area contributed by atoms with E-state index in [1.165, 1.54) is 0 Å². The number of carbonyl (C=O) groups is 2. The molecule has 5 rings (SSSR count). The molecule has 3 aliphatic heterocycles. The van der Waals surface area contributed by atoms with Crippen LogP contribution >= 0.6 is 0 Å². The van der Waals surface area contributed by atoms with Crippen LogP contribution in [-0.4, -0.2) is 47.5 Å². The van der Waals surface area contributed by atoms with Crippen LogP contribution in [0.15, 0.2) is 48.5 Å². The number of carbonyl (C=O) groups excluding carboxylic acids is 2. The van der Waals surface area contributed by atoms with E-state index in [1.807, 2.05) is 52.3 Å². The summed E-state index contributed by atoms with van der Waals surface area (Å²) in [7, 11) is 1.68. The molecule has 3 aliphatic rings. The van der Waals surface area contributed by atoms with Gasteiger partial charge in [-0.05, 0) is 49.4 Å². The number of piperidine rings is 1. The minimum Gasteiger partial charge on any atom is -0.496 e. The fraction of sp³-hybridized carbons (Fsp3) is 0.391. The van der Waals surface area contributed by atoms with Gasteiger partial charge in [0.05, 0.1) is 19.2 Å². The van der Waals surface area contributed by atoms with Gasteiger partial charge in [-0.2, -0.15) is 0 Å². The lowest BCUT2D eigenvalue weighted by Gasteiger charge is -2.55. The second-order valence-corrected chi connectivity index (χ2v) is 7.97. The minimum absolute atomic E-state index is 0.0266. The summed E-state index contributed by atoms with van der Waals surface area (Å²) in [5, 5.41) is 2.99. The Morgan fingerprint density at radius 2 is 1.93 bits per heavy atom. The van der Waals surface area contributed by atoms with Crippen LogP contribution < -0.4 is 10.1 Å². The average molecular weight is 391 g/mol. The Labute approximate surface area is 170 Å². The van der Waals surface area contributed by atoms with Gasteiger partial charge in [-0.25, -0.2) is 4.79 Å². The third-order valence-electron chi connectivity index (χ3n) is 6.51. The Morgan fingerprint density at radius 3 is 2.72 bits per heavy atom. The number of ether oxygens (including phenoxy) is 1. The Hall–Kier alpha value is -3.02. The second kappa shape index (κ2) is 7.10. The number of urea groups is 1. The van der Waals surface area contributed by atoms with Crippen molar-refractivity contribution in [1.82, 2.24) is 9.80 Å². The molecular formula is C23H25N3O3. The lowest BCUT2D eigenvalue weighted by Crippen LogP contribution is -2.67. The predicted octanol–water partition coefficient (Wildman–Crippen LogP) is 3.59. The summed E-state index contributed by atoms with van der Waals surface area (Å²) in [6.07, 6.45) is 3.37. The van der Waals surface area contributed by atoms with Gasteiger partial charge < -0.3 is 19.9 Å². The van der Waals surface area contributed by atoms with Crippen molar-refractivity contribution in [1.29, 1.82) is 0 Å². The molecule has 6 heteroatoms. The number of anilines is 1. The van der Waals surface area contributed by atoms with Crippen molar-refractivity contribution in [2.45, 2.75) is 43.8 Å². The van der Waals surface area contributed by atoms with Gasteiger partial charge in [-0.1, -0.05) is 30.3 Å². The highest BCUT2D eigenvalue weighted by atomic mass is 16.5. The molecule has 0 aliphatic carbocycles. The van der Waals surface area contributed by atoms with Crippen LogP contribution in [0.5, 0.6) is 5.75 Å². The number of benzene rings is 2. The Kier molecular flexibility index (Phi) is 4.42. The van der Waals surface area contributed by atoms with Gasteiger partial charge in [0.25, 0.3) is 0 Å². The van der Waals surface area contributed by atoms with Crippen molar-refractivity contribution in [3.05, 3.63) is 59.7 Å². The summed E-state index contributed by atoms with van der Waals surface area (Å²) in [4.78, 5) is 30.4. The first-order chi connectivity index (χ1) is 14.2. The van der Waals surface area contributed by atoms with Crippen LogP contribution in [0.25, 0.3) is 0 Å². The first-order valence-electron chi connectivity index (χ1n) is 10.3. The predicted molar refractivity (Wildman–Crippen MR) is 110 cm³/mol. The number of nitrogens with zero attached hydrogens (tertiary/aromatic N) is 2. The van der Waals surface area contributed by atoms with Gasteiger partial charge in [0.2, 0.25) is 5.91 Å². The number of methoxy groups -OCH3 is 1. The van der Waals surface area contributed by atoms with Crippen LogP contribution in [0.4, 0.5) is 10.5 Å². The smallest absolute Gasteiger partial charge is 0.322 e.